The number of nitrogens with zero attached hydrogens (tertiary/aromatic N) is 1. The highest BCUT2D eigenvalue weighted by Crippen LogP contribution is 2.23. The normalized spacial score (nSPS) is 10.7. The minimum Gasteiger partial charge on any atom is -0.358 e. The van der Waals surface area contributed by atoms with Crippen molar-refractivity contribution in [2.24, 2.45) is 0 Å². The summed E-state index contributed by atoms with van der Waals surface area (Å²) in [6.07, 6.45) is 0. The molecule has 5 nitrogen and oxygen atoms in total. The molecule has 0 spiro atoms. The van der Waals surface area contributed by atoms with Crippen molar-refractivity contribution in [1.29, 1.82) is 5.26 Å². The van der Waals surface area contributed by atoms with Crippen LogP contribution in [0.2, 0.25) is 0 Å². The second-order valence-electron chi connectivity index (χ2n) is 4.17. The molecule has 2 heterocycles. The second kappa shape index (κ2) is 3.64. The maximum absolute atomic E-state index is 11.2. The average molecular weight is 238 g/mol. The number of H-pyrrole nitrogens is 3. The van der Waals surface area contributed by atoms with Gasteiger partial charge < -0.3 is 15.0 Å². The predicted octanol–water partition coefficient (Wildman–Crippen LogP) is 2.03. The quantitative estimate of drug-likeness (QED) is 0.605. The van der Waals surface area contributed by atoms with Crippen LogP contribution >= 0.6 is 0 Å². The van der Waals surface area contributed by atoms with Gasteiger partial charge in [-0.3, -0.25) is 0 Å². The molecule has 3 N–H and O–H groups in total. The van der Waals surface area contributed by atoms with E-state index in [1.165, 1.54) is 0 Å². The number of aromatic nitrogens is 3. The lowest BCUT2D eigenvalue weighted by molar-refractivity contribution is 1.21. The Balaban J connectivity index is 2.18. The van der Waals surface area contributed by atoms with E-state index in [1.54, 1.807) is 6.07 Å². The van der Waals surface area contributed by atoms with Crippen LogP contribution in [-0.2, 0) is 0 Å². The number of nitrogens with one attached hydrogen (secondary N) is 3. The summed E-state index contributed by atoms with van der Waals surface area (Å²) in [6, 6.07) is 9.55. The van der Waals surface area contributed by atoms with Crippen molar-refractivity contribution in [1.82, 2.24) is 15.0 Å². The number of imidazole rings is 1. The van der Waals surface area contributed by atoms with E-state index in [0.717, 1.165) is 28.0 Å². The first kappa shape index (κ1) is 10.4. The molecule has 0 saturated carbocycles. The summed E-state index contributed by atoms with van der Waals surface area (Å²) in [5.74, 6) is 0. The van der Waals surface area contributed by atoms with Crippen molar-refractivity contribution in [3.63, 3.8) is 0 Å². The Hall–Kier alpha value is -2.74. The Morgan fingerprint density at radius 2 is 1.89 bits per heavy atom. The van der Waals surface area contributed by atoms with Crippen LogP contribution < -0.4 is 5.69 Å². The van der Waals surface area contributed by atoms with E-state index < -0.39 is 0 Å². The van der Waals surface area contributed by atoms with Gasteiger partial charge in [-0.15, -0.1) is 0 Å². The Morgan fingerprint density at radius 3 is 2.61 bits per heavy atom. The van der Waals surface area contributed by atoms with Crippen LogP contribution in [0.1, 0.15) is 11.3 Å². The summed E-state index contributed by atoms with van der Waals surface area (Å²) in [7, 11) is 0. The Kier molecular flexibility index (Phi) is 2.10. The lowest BCUT2D eigenvalue weighted by atomic mass is 10.1. The first-order valence-electron chi connectivity index (χ1n) is 5.49. The van der Waals surface area contributed by atoms with Crippen LogP contribution in [0.25, 0.3) is 22.3 Å². The van der Waals surface area contributed by atoms with E-state index in [4.69, 9.17) is 5.26 Å². The van der Waals surface area contributed by atoms with Gasteiger partial charge >= 0.3 is 5.69 Å². The minimum absolute atomic E-state index is 0.220. The molecule has 3 aromatic rings. The molecule has 0 aliphatic carbocycles. The van der Waals surface area contributed by atoms with Crippen LogP contribution in [0, 0.1) is 18.3 Å². The van der Waals surface area contributed by atoms with Gasteiger partial charge in [0.05, 0.1) is 16.6 Å². The molecule has 0 aliphatic heterocycles. The average Bonchev–Trinajstić information content (AvgIpc) is 2.89. The summed E-state index contributed by atoms with van der Waals surface area (Å²) >= 11 is 0. The predicted molar refractivity (Wildman–Crippen MR) is 68.2 cm³/mol. The number of aryl methyl sites for hydroxylation is 1. The molecule has 2 aromatic heterocycles. The third-order valence-electron chi connectivity index (χ3n) is 2.96. The van der Waals surface area contributed by atoms with Gasteiger partial charge in [0.15, 0.2) is 0 Å². The third-order valence-corrected chi connectivity index (χ3v) is 2.96. The first-order valence-corrected chi connectivity index (χ1v) is 5.49. The van der Waals surface area contributed by atoms with Crippen molar-refractivity contribution in [3.05, 3.63) is 46.0 Å². The highest BCUT2D eigenvalue weighted by molar-refractivity contribution is 5.81. The highest BCUT2D eigenvalue weighted by atomic mass is 16.1. The largest absolute Gasteiger partial charge is 0.358 e. The molecule has 0 radical (unpaired) electrons. The molecule has 0 atom stereocenters. The fourth-order valence-corrected chi connectivity index (χ4v) is 2.03. The lowest BCUT2D eigenvalue weighted by Gasteiger charge is -1.97. The summed E-state index contributed by atoms with van der Waals surface area (Å²) in [6.45, 7) is 1.86. The number of nitriles is 1. The van der Waals surface area contributed by atoms with E-state index in [0.29, 0.717) is 5.56 Å². The molecule has 0 saturated heterocycles. The number of hydrogen-bond acceptors (Lipinski definition) is 2. The molecular weight excluding hydrogens is 228 g/mol. The Labute approximate surface area is 102 Å². The number of fused-ring (bicyclic) bond motifs is 1. The monoisotopic (exact) mass is 238 g/mol. The number of hydrogen-bond donors (Lipinski definition) is 3. The van der Waals surface area contributed by atoms with E-state index in [9.17, 15) is 4.79 Å². The SMILES string of the molecule is Cc1[nH]c(-c2ccc3[nH]c(=O)[nH]c3c2)cc1C#N. The summed E-state index contributed by atoms with van der Waals surface area (Å²) in [4.78, 5) is 19.7. The van der Waals surface area contributed by atoms with Crippen LogP contribution in [0.3, 0.4) is 0 Å². The zero-order valence-corrected chi connectivity index (χ0v) is 9.66. The van der Waals surface area contributed by atoms with E-state index in [2.05, 4.69) is 21.0 Å². The molecule has 0 bridgehead atoms. The van der Waals surface area contributed by atoms with Crippen molar-refractivity contribution in [2.75, 3.05) is 0 Å². The van der Waals surface area contributed by atoms with E-state index in [1.807, 2.05) is 25.1 Å². The van der Waals surface area contributed by atoms with E-state index in [-0.39, 0.29) is 5.69 Å². The number of benzene rings is 1. The van der Waals surface area contributed by atoms with Crippen molar-refractivity contribution < 1.29 is 0 Å². The van der Waals surface area contributed by atoms with Gasteiger partial charge in [0.2, 0.25) is 0 Å². The van der Waals surface area contributed by atoms with Crippen LogP contribution in [0.4, 0.5) is 0 Å². The Bertz CT molecular complexity index is 829. The lowest BCUT2D eigenvalue weighted by Crippen LogP contribution is -1.99. The topological polar surface area (TPSA) is 88.2 Å². The fraction of sp³-hybridized carbons (Fsp3) is 0.0769. The van der Waals surface area contributed by atoms with Gasteiger partial charge in [-0.25, -0.2) is 4.79 Å². The molecule has 1 aromatic carbocycles. The standard InChI is InChI=1S/C13H10N4O/c1-7-9(6-14)5-11(15-7)8-2-3-10-12(4-8)17-13(18)16-10/h2-5,15H,1H3,(H2,16,17,18). The van der Waals surface area contributed by atoms with Crippen LogP contribution in [0.5, 0.6) is 0 Å². The summed E-state index contributed by atoms with van der Waals surface area (Å²) in [5.41, 5.74) is 4.58. The molecule has 3 rings (SSSR count). The molecule has 88 valence electrons. The summed E-state index contributed by atoms with van der Waals surface area (Å²) in [5, 5.41) is 8.93. The van der Waals surface area contributed by atoms with Crippen LogP contribution in [-0.4, -0.2) is 15.0 Å². The van der Waals surface area contributed by atoms with Gasteiger partial charge in [-0.1, -0.05) is 6.07 Å². The van der Waals surface area contributed by atoms with Crippen molar-refractivity contribution in [3.8, 4) is 17.3 Å². The molecule has 18 heavy (non-hydrogen) atoms. The zero-order chi connectivity index (χ0) is 12.7. The van der Waals surface area contributed by atoms with Gasteiger partial charge in [-0.2, -0.15) is 5.26 Å². The second-order valence-corrected chi connectivity index (χ2v) is 4.17. The van der Waals surface area contributed by atoms with Crippen molar-refractivity contribution >= 4 is 11.0 Å². The minimum atomic E-state index is -0.220. The number of aromatic amines is 3. The van der Waals surface area contributed by atoms with E-state index >= 15 is 0 Å². The molecule has 0 unspecified atom stereocenters. The zero-order valence-electron chi connectivity index (χ0n) is 9.66. The van der Waals surface area contributed by atoms with Gasteiger partial charge in [-0.05, 0) is 25.1 Å². The maximum atomic E-state index is 11.2. The Morgan fingerprint density at radius 1 is 1.11 bits per heavy atom. The summed E-state index contributed by atoms with van der Waals surface area (Å²) < 4.78 is 0. The first-order chi connectivity index (χ1) is 8.67. The molecular formula is C13H10N4O. The molecule has 5 heteroatoms. The molecule has 0 fully saturated rings. The molecule has 0 aliphatic rings. The molecule has 0 amide bonds. The van der Waals surface area contributed by atoms with Crippen molar-refractivity contribution in [2.45, 2.75) is 6.92 Å². The fourth-order valence-electron chi connectivity index (χ4n) is 2.03. The maximum Gasteiger partial charge on any atom is 0.323 e. The smallest absolute Gasteiger partial charge is 0.323 e. The van der Waals surface area contributed by atoms with Gasteiger partial charge in [0, 0.05) is 17.0 Å². The third kappa shape index (κ3) is 1.52. The highest BCUT2D eigenvalue weighted by Gasteiger charge is 2.07. The van der Waals surface area contributed by atoms with Gasteiger partial charge in [0.1, 0.15) is 6.07 Å². The van der Waals surface area contributed by atoms with Gasteiger partial charge in [0.25, 0.3) is 0 Å². The van der Waals surface area contributed by atoms with Crippen LogP contribution in [0.15, 0.2) is 29.1 Å². The number of rotatable bonds is 1.